The van der Waals surface area contributed by atoms with Crippen LogP contribution in [0, 0.1) is 5.92 Å². The molecule has 0 radical (unpaired) electrons. The maximum absolute atomic E-state index is 5.79. The molecule has 0 aliphatic heterocycles. The van der Waals surface area contributed by atoms with Crippen LogP contribution in [-0.2, 0) is 0 Å². The van der Waals surface area contributed by atoms with Crippen molar-refractivity contribution in [3.63, 3.8) is 0 Å². The van der Waals surface area contributed by atoms with Gasteiger partial charge in [-0.1, -0.05) is 19.3 Å². The van der Waals surface area contributed by atoms with Gasteiger partial charge >= 0.3 is 0 Å². The molecule has 0 nitrogen and oxygen atoms in total. The molecular formula is C7H13Cl. The molecule has 0 saturated heterocycles. The minimum atomic E-state index is 0.403. The van der Waals surface area contributed by atoms with Crippen molar-refractivity contribution in [2.24, 2.45) is 5.92 Å². The zero-order valence-electron chi connectivity index (χ0n) is 5.36. The first-order valence-electron chi connectivity index (χ1n) is 3.43. The Bertz CT molecular complexity index is 64.8. The Kier molecular flexibility index (Phi) is 2.18. The van der Waals surface area contributed by atoms with Gasteiger partial charge < -0.3 is 0 Å². The summed E-state index contributed by atoms with van der Waals surface area (Å²) in [5, 5.41) is 0.403. The predicted octanol–water partition coefficient (Wildman–Crippen LogP) is 2.80. The molecule has 1 fully saturated rings. The van der Waals surface area contributed by atoms with Crippen LogP contribution in [0.2, 0.25) is 0 Å². The van der Waals surface area contributed by atoms with Gasteiger partial charge in [0.25, 0.3) is 0 Å². The smallest absolute Gasteiger partial charge is 0.0310 e. The van der Waals surface area contributed by atoms with Gasteiger partial charge in [-0.15, -0.1) is 11.6 Å². The molecule has 1 saturated carbocycles. The molecule has 1 aliphatic rings. The number of halogens is 1. The molecule has 0 aromatic heterocycles. The van der Waals surface area contributed by atoms with E-state index in [0.29, 0.717) is 5.38 Å². The summed E-state index contributed by atoms with van der Waals surface area (Å²) in [4.78, 5) is 0. The predicted molar refractivity (Wildman–Crippen MR) is 37.3 cm³/mol. The van der Waals surface area contributed by atoms with E-state index in [4.69, 9.17) is 11.6 Å². The lowest BCUT2D eigenvalue weighted by Gasteiger charge is -2.25. The molecule has 0 bridgehead atoms. The van der Waals surface area contributed by atoms with Crippen molar-refractivity contribution in [3.8, 4) is 0 Å². The van der Waals surface area contributed by atoms with Gasteiger partial charge in [-0.3, -0.25) is 0 Å². The molecule has 1 rings (SSSR count). The third kappa shape index (κ3) is 1.66. The minimum Gasteiger partial charge on any atom is -0.123 e. The van der Waals surface area contributed by atoms with Gasteiger partial charge in [0, 0.05) is 5.38 Å². The quantitative estimate of drug-likeness (QED) is 0.507. The maximum atomic E-state index is 5.79. The van der Waals surface area contributed by atoms with Crippen molar-refractivity contribution in [2.45, 2.75) is 38.0 Å². The molecule has 0 spiro atoms. The summed E-state index contributed by atoms with van der Waals surface area (Å²) in [6, 6.07) is 0. The van der Waals surface area contributed by atoms with E-state index in [9.17, 15) is 0 Å². The van der Waals surface area contributed by atoms with Gasteiger partial charge in [-0.25, -0.2) is 0 Å². The number of hydrogen-bond donors (Lipinski definition) is 0. The highest BCUT2D eigenvalue weighted by Crippen LogP contribution is 2.31. The van der Waals surface area contributed by atoms with Crippen LogP contribution < -0.4 is 0 Å². The van der Waals surface area contributed by atoms with Gasteiger partial charge in [0.1, 0.15) is 0 Å². The van der Waals surface area contributed by atoms with Gasteiger partial charge in [0.15, 0.2) is 0 Å². The number of hydrogen-bond acceptors (Lipinski definition) is 0. The van der Waals surface area contributed by atoms with E-state index in [2.05, 4.69) is 6.92 Å². The summed E-state index contributed by atoms with van der Waals surface area (Å²) in [6.07, 6.45) is 5.53. The Morgan fingerprint density at radius 3 is 2.38 bits per heavy atom. The summed E-state index contributed by atoms with van der Waals surface area (Å²) < 4.78 is 0. The molecule has 1 unspecified atom stereocenters. The fourth-order valence-electron chi connectivity index (χ4n) is 1.19. The fourth-order valence-corrected chi connectivity index (χ4v) is 1.44. The SMILES string of the molecule is CC(Cl)CC1CCC1. The summed E-state index contributed by atoms with van der Waals surface area (Å²) >= 11 is 5.79. The molecule has 1 atom stereocenters. The Balaban J connectivity index is 2.01. The molecule has 48 valence electrons. The van der Waals surface area contributed by atoms with Crippen molar-refractivity contribution in [2.75, 3.05) is 0 Å². The Morgan fingerprint density at radius 1 is 1.62 bits per heavy atom. The average molecular weight is 133 g/mol. The van der Waals surface area contributed by atoms with Crippen molar-refractivity contribution in [1.29, 1.82) is 0 Å². The van der Waals surface area contributed by atoms with Crippen molar-refractivity contribution >= 4 is 11.6 Å². The second-order valence-electron chi connectivity index (χ2n) is 2.81. The summed E-state index contributed by atoms with van der Waals surface area (Å²) in [5.41, 5.74) is 0. The largest absolute Gasteiger partial charge is 0.123 e. The van der Waals surface area contributed by atoms with Crippen LogP contribution in [0.1, 0.15) is 32.6 Å². The van der Waals surface area contributed by atoms with E-state index >= 15 is 0 Å². The number of rotatable bonds is 2. The molecule has 8 heavy (non-hydrogen) atoms. The first kappa shape index (κ1) is 6.41. The van der Waals surface area contributed by atoms with Crippen molar-refractivity contribution < 1.29 is 0 Å². The van der Waals surface area contributed by atoms with Gasteiger partial charge in [0.2, 0.25) is 0 Å². The minimum absolute atomic E-state index is 0.403. The Hall–Kier alpha value is 0.290. The second kappa shape index (κ2) is 2.72. The van der Waals surface area contributed by atoms with Gasteiger partial charge in [0.05, 0.1) is 0 Å². The van der Waals surface area contributed by atoms with E-state index < -0.39 is 0 Å². The fraction of sp³-hybridized carbons (Fsp3) is 1.00. The lowest BCUT2D eigenvalue weighted by molar-refractivity contribution is 0.295. The third-order valence-corrected chi connectivity index (χ3v) is 2.06. The average Bonchev–Trinajstić information content (AvgIpc) is 1.55. The van der Waals surface area contributed by atoms with E-state index in [1.807, 2.05) is 0 Å². The molecule has 0 aromatic rings. The van der Waals surface area contributed by atoms with Crippen LogP contribution in [0.5, 0.6) is 0 Å². The van der Waals surface area contributed by atoms with Crippen molar-refractivity contribution in [3.05, 3.63) is 0 Å². The first-order valence-corrected chi connectivity index (χ1v) is 3.86. The highest BCUT2D eigenvalue weighted by atomic mass is 35.5. The van der Waals surface area contributed by atoms with Gasteiger partial charge in [-0.05, 0) is 19.3 Å². The van der Waals surface area contributed by atoms with Crippen LogP contribution >= 0.6 is 11.6 Å². The van der Waals surface area contributed by atoms with Crippen LogP contribution in [0.3, 0.4) is 0 Å². The summed E-state index contributed by atoms with van der Waals surface area (Å²) in [5.74, 6) is 0.975. The Morgan fingerprint density at radius 2 is 2.25 bits per heavy atom. The van der Waals surface area contributed by atoms with E-state index in [-0.39, 0.29) is 0 Å². The highest BCUT2D eigenvalue weighted by molar-refractivity contribution is 6.20. The van der Waals surface area contributed by atoms with E-state index in [0.717, 1.165) is 5.92 Å². The molecule has 0 heterocycles. The van der Waals surface area contributed by atoms with Crippen LogP contribution in [0.25, 0.3) is 0 Å². The summed E-state index contributed by atoms with van der Waals surface area (Å²) in [6.45, 7) is 2.08. The highest BCUT2D eigenvalue weighted by Gasteiger charge is 2.18. The molecule has 0 N–H and O–H groups in total. The zero-order valence-corrected chi connectivity index (χ0v) is 6.12. The first-order chi connectivity index (χ1) is 3.79. The second-order valence-corrected chi connectivity index (χ2v) is 3.56. The van der Waals surface area contributed by atoms with Crippen LogP contribution in [-0.4, -0.2) is 5.38 Å². The normalized spacial score (nSPS) is 24.8. The standard InChI is InChI=1S/C7H13Cl/c1-6(8)5-7-3-2-4-7/h6-7H,2-5H2,1H3. The van der Waals surface area contributed by atoms with Gasteiger partial charge in [-0.2, -0.15) is 0 Å². The lowest BCUT2D eigenvalue weighted by Crippen LogP contribution is -2.14. The van der Waals surface area contributed by atoms with Crippen LogP contribution in [0.15, 0.2) is 0 Å². The summed E-state index contributed by atoms with van der Waals surface area (Å²) in [7, 11) is 0. The zero-order chi connectivity index (χ0) is 5.98. The van der Waals surface area contributed by atoms with E-state index in [1.165, 1.54) is 25.7 Å². The molecule has 1 aliphatic carbocycles. The van der Waals surface area contributed by atoms with Crippen molar-refractivity contribution in [1.82, 2.24) is 0 Å². The topological polar surface area (TPSA) is 0 Å². The van der Waals surface area contributed by atoms with Crippen LogP contribution in [0.4, 0.5) is 0 Å². The molecule has 0 aromatic carbocycles. The molecule has 0 amide bonds. The van der Waals surface area contributed by atoms with E-state index in [1.54, 1.807) is 0 Å². The maximum Gasteiger partial charge on any atom is 0.0310 e. The molecule has 1 heteroatoms. The third-order valence-electron chi connectivity index (χ3n) is 1.88. The monoisotopic (exact) mass is 132 g/mol. The molecular weight excluding hydrogens is 120 g/mol. The number of alkyl halides is 1. The Labute approximate surface area is 56.2 Å². The lowest BCUT2D eigenvalue weighted by atomic mass is 9.82.